The number of anilines is 1. The molecular weight excluding hydrogens is 425 g/mol. The molecule has 2 aliphatic carbocycles. The fraction of sp³-hybridized carbons (Fsp3) is 0.500. The molecule has 1 aliphatic heterocycles. The van der Waals surface area contributed by atoms with Crippen LogP contribution in [0.5, 0.6) is 5.88 Å². The molecule has 166 valence electrons. The van der Waals surface area contributed by atoms with Gasteiger partial charge in [-0.05, 0) is 41.5 Å². The van der Waals surface area contributed by atoms with Crippen LogP contribution in [0.1, 0.15) is 28.7 Å². The van der Waals surface area contributed by atoms with Gasteiger partial charge in [-0.1, -0.05) is 6.07 Å². The summed E-state index contributed by atoms with van der Waals surface area (Å²) in [4.78, 5) is 12.8. The van der Waals surface area contributed by atoms with Crippen molar-refractivity contribution in [1.29, 1.82) is 0 Å². The van der Waals surface area contributed by atoms with Crippen molar-refractivity contribution in [2.24, 2.45) is 9.50 Å². The fourth-order valence-electron chi connectivity index (χ4n) is 4.72. The fourth-order valence-corrected chi connectivity index (χ4v) is 5.71. The summed E-state index contributed by atoms with van der Waals surface area (Å²) in [5, 5.41) is 12.8. The van der Waals surface area contributed by atoms with Crippen molar-refractivity contribution in [3.63, 3.8) is 0 Å². The molecule has 3 aliphatic rings. The van der Waals surface area contributed by atoms with Gasteiger partial charge >= 0.3 is 6.03 Å². The lowest BCUT2D eigenvalue weighted by Gasteiger charge is -2.15. The Morgan fingerprint density at radius 2 is 2.26 bits per heavy atom. The van der Waals surface area contributed by atoms with E-state index in [1.165, 1.54) is 10.9 Å². The van der Waals surface area contributed by atoms with Crippen molar-refractivity contribution < 1.29 is 22.9 Å². The van der Waals surface area contributed by atoms with Crippen LogP contribution in [-0.2, 0) is 46.9 Å². The molecule has 5 rings (SSSR count). The molecule has 0 unspecified atom stereocenters. The quantitative estimate of drug-likeness (QED) is 0.741. The van der Waals surface area contributed by atoms with Gasteiger partial charge in [0.1, 0.15) is 17.2 Å². The number of halogens is 1. The van der Waals surface area contributed by atoms with E-state index in [1.54, 1.807) is 7.11 Å². The second kappa shape index (κ2) is 7.57. The van der Waals surface area contributed by atoms with E-state index in [4.69, 9.17) is 14.6 Å². The molecule has 11 heteroatoms. The van der Waals surface area contributed by atoms with E-state index in [0.717, 1.165) is 41.5 Å². The van der Waals surface area contributed by atoms with Gasteiger partial charge in [0.05, 0.1) is 19.3 Å². The maximum absolute atomic E-state index is 14.1. The molecule has 2 heterocycles. The highest BCUT2D eigenvalue weighted by molar-refractivity contribution is 7.91. The number of urea groups is 1. The number of hydrogen-bond acceptors (Lipinski definition) is 5. The average Bonchev–Trinajstić information content (AvgIpc) is 3.43. The van der Waals surface area contributed by atoms with Crippen LogP contribution in [0.3, 0.4) is 0 Å². The molecular formula is C20H24FN5O4S. The molecule has 1 aromatic heterocycles. The monoisotopic (exact) mass is 449 g/mol. The number of nitrogens with one attached hydrogen (secondary N) is 1. The number of alkyl halides is 1. The summed E-state index contributed by atoms with van der Waals surface area (Å²) < 4.78 is 43.3. The first-order valence-electron chi connectivity index (χ1n) is 10.2. The SMILES string of the molecule is COC[C@H]1Cn2ncc([S@](N)(=O)=NC(=O)Nc3c4c(cc5c3C[C@@H](F)C5)CCC4)c2O1. The van der Waals surface area contributed by atoms with Crippen molar-refractivity contribution in [2.45, 2.75) is 55.8 Å². The lowest BCUT2D eigenvalue weighted by atomic mass is 9.99. The number of carbonyl (C=O) groups excluding carboxylic acids is 1. The topological polar surface area (TPSA) is 121 Å². The maximum atomic E-state index is 14.1. The van der Waals surface area contributed by atoms with Gasteiger partial charge in [0.15, 0.2) is 9.92 Å². The maximum Gasteiger partial charge on any atom is 0.354 e. The zero-order valence-corrected chi connectivity index (χ0v) is 17.9. The predicted octanol–water partition coefficient (Wildman–Crippen LogP) is 2.15. The van der Waals surface area contributed by atoms with Crippen molar-refractivity contribution >= 4 is 21.6 Å². The van der Waals surface area contributed by atoms with Crippen molar-refractivity contribution in [1.82, 2.24) is 9.78 Å². The van der Waals surface area contributed by atoms with Crippen LogP contribution in [0.4, 0.5) is 14.9 Å². The molecule has 2 aromatic rings. The number of methoxy groups -OCH3 is 1. The van der Waals surface area contributed by atoms with Crippen molar-refractivity contribution in [3.8, 4) is 5.88 Å². The Bertz CT molecular complexity index is 1190. The number of rotatable bonds is 4. The van der Waals surface area contributed by atoms with E-state index in [1.807, 2.05) is 0 Å². The molecule has 9 nitrogen and oxygen atoms in total. The first kappa shape index (κ1) is 20.4. The Balaban J connectivity index is 1.44. The summed E-state index contributed by atoms with van der Waals surface area (Å²) in [6.07, 6.45) is 3.35. The van der Waals surface area contributed by atoms with Gasteiger partial charge in [-0.3, -0.25) is 0 Å². The number of aromatic nitrogens is 2. The molecule has 3 N–H and O–H groups in total. The standard InChI is InChI=1S/C20H24FN5O4S/c1-29-10-14-9-26-19(30-14)17(8-23-26)31(22,28)25-20(27)24-18-15-4-2-3-11(15)5-12-6-13(21)7-16(12)18/h5,8,13-14H,2-4,6-7,9-10H2,1H3,(H3,22,24,25,27,28)/t13-,14+,31+/m0/s1. The van der Waals surface area contributed by atoms with Crippen LogP contribution in [0.2, 0.25) is 0 Å². The van der Waals surface area contributed by atoms with Crippen LogP contribution in [0, 0.1) is 0 Å². The molecule has 0 saturated heterocycles. The summed E-state index contributed by atoms with van der Waals surface area (Å²) in [6, 6.07) is 1.23. The van der Waals surface area contributed by atoms with Crippen molar-refractivity contribution in [2.75, 3.05) is 19.0 Å². The van der Waals surface area contributed by atoms with Gasteiger partial charge in [-0.25, -0.2) is 23.2 Å². The first-order valence-corrected chi connectivity index (χ1v) is 11.8. The van der Waals surface area contributed by atoms with Crippen LogP contribution >= 0.6 is 0 Å². The van der Waals surface area contributed by atoms with E-state index < -0.39 is 22.1 Å². The normalized spacial score (nSPS) is 22.9. The third-order valence-corrected chi connectivity index (χ3v) is 7.35. The van der Waals surface area contributed by atoms with Crippen LogP contribution in [0.25, 0.3) is 0 Å². The number of aryl methyl sites for hydroxylation is 1. The summed E-state index contributed by atoms with van der Waals surface area (Å²) in [7, 11) is -2.04. The molecule has 2 amide bonds. The highest BCUT2D eigenvalue weighted by atomic mass is 32.2. The van der Waals surface area contributed by atoms with Gasteiger partial charge < -0.3 is 14.8 Å². The zero-order valence-electron chi connectivity index (χ0n) is 17.1. The summed E-state index contributed by atoms with van der Waals surface area (Å²) in [5.74, 6) is 0.230. The summed E-state index contributed by atoms with van der Waals surface area (Å²) >= 11 is 0. The second-order valence-electron chi connectivity index (χ2n) is 8.17. The third-order valence-electron chi connectivity index (χ3n) is 6.00. The largest absolute Gasteiger partial charge is 0.469 e. The Morgan fingerprint density at radius 1 is 1.42 bits per heavy atom. The van der Waals surface area contributed by atoms with Gasteiger partial charge in [-0.15, -0.1) is 4.36 Å². The Kier molecular flexibility index (Phi) is 4.98. The highest BCUT2D eigenvalue weighted by Crippen LogP contribution is 2.39. The van der Waals surface area contributed by atoms with Crippen LogP contribution in [0.15, 0.2) is 21.5 Å². The van der Waals surface area contributed by atoms with E-state index in [0.29, 0.717) is 25.3 Å². The minimum absolute atomic E-state index is 0.0635. The Hall–Kier alpha value is -2.50. The average molecular weight is 450 g/mol. The Morgan fingerprint density at radius 3 is 3.06 bits per heavy atom. The second-order valence-corrected chi connectivity index (χ2v) is 9.93. The minimum atomic E-state index is -3.60. The molecule has 3 atom stereocenters. The number of ether oxygens (including phenoxy) is 2. The first-order chi connectivity index (χ1) is 14.9. The number of benzene rings is 1. The zero-order chi connectivity index (χ0) is 21.8. The van der Waals surface area contributed by atoms with Gasteiger partial charge in [0.25, 0.3) is 0 Å². The molecule has 0 spiro atoms. The van der Waals surface area contributed by atoms with Crippen LogP contribution < -0.4 is 15.2 Å². The molecule has 0 fully saturated rings. The minimum Gasteiger partial charge on any atom is -0.469 e. The number of carbonyl (C=O) groups is 1. The summed E-state index contributed by atoms with van der Waals surface area (Å²) in [5.41, 5.74) is 4.47. The van der Waals surface area contributed by atoms with Gasteiger partial charge in [0, 0.05) is 25.6 Å². The van der Waals surface area contributed by atoms with Crippen LogP contribution in [-0.4, -0.2) is 46.0 Å². The smallest absolute Gasteiger partial charge is 0.354 e. The lowest BCUT2D eigenvalue weighted by molar-refractivity contribution is 0.0920. The lowest BCUT2D eigenvalue weighted by Crippen LogP contribution is -2.22. The van der Waals surface area contributed by atoms with E-state index in [2.05, 4.69) is 20.8 Å². The summed E-state index contributed by atoms with van der Waals surface area (Å²) in [6.45, 7) is 0.767. The van der Waals surface area contributed by atoms with E-state index in [9.17, 15) is 13.4 Å². The number of amides is 2. The number of nitrogens with zero attached hydrogens (tertiary/aromatic N) is 3. The van der Waals surface area contributed by atoms with Gasteiger partial charge in [0.2, 0.25) is 5.88 Å². The molecule has 0 bridgehead atoms. The van der Waals surface area contributed by atoms with Crippen molar-refractivity contribution in [3.05, 3.63) is 34.5 Å². The number of hydrogen-bond donors (Lipinski definition) is 2. The molecule has 1 aromatic carbocycles. The predicted molar refractivity (Wildman–Crippen MR) is 111 cm³/mol. The van der Waals surface area contributed by atoms with Gasteiger partial charge in [-0.2, -0.15) is 5.10 Å². The van der Waals surface area contributed by atoms with E-state index in [-0.39, 0.29) is 23.3 Å². The number of fused-ring (bicyclic) bond motifs is 3. The van der Waals surface area contributed by atoms with E-state index >= 15 is 0 Å². The Labute approximate surface area is 179 Å². The molecule has 31 heavy (non-hydrogen) atoms. The molecule has 0 saturated carbocycles. The third kappa shape index (κ3) is 3.60. The highest BCUT2D eigenvalue weighted by Gasteiger charge is 2.32. The molecule has 0 radical (unpaired) electrons. The number of nitrogens with two attached hydrogens (primary N) is 1.